The molecule has 1 amide bonds. The molecule has 0 radical (unpaired) electrons. The molecule has 0 aliphatic heterocycles. The van der Waals surface area contributed by atoms with Crippen LogP contribution in [-0.2, 0) is 6.54 Å². The van der Waals surface area contributed by atoms with Gasteiger partial charge in [0.05, 0.1) is 28.8 Å². The van der Waals surface area contributed by atoms with Crippen molar-refractivity contribution in [3.05, 3.63) is 46.0 Å². The Morgan fingerprint density at radius 2 is 2.32 bits per heavy atom. The van der Waals surface area contributed by atoms with Gasteiger partial charge in [0.2, 0.25) is 0 Å². The number of hydrogen-bond acceptors (Lipinski definition) is 4. The van der Waals surface area contributed by atoms with Gasteiger partial charge >= 0.3 is 0 Å². The number of fused-ring (bicyclic) bond motifs is 1. The van der Waals surface area contributed by atoms with Crippen molar-refractivity contribution in [2.75, 3.05) is 0 Å². The summed E-state index contributed by atoms with van der Waals surface area (Å²) in [5, 5.41) is 11.6. The number of benzene rings is 1. The Morgan fingerprint density at radius 1 is 1.42 bits per heavy atom. The third-order valence-electron chi connectivity index (χ3n) is 2.81. The van der Waals surface area contributed by atoms with Gasteiger partial charge in [0, 0.05) is 16.5 Å². The van der Waals surface area contributed by atoms with Gasteiger partial charge in [-0.15, -0.1) is 11.3 Å². The minimum atomic E-state index is -0.110. The molecule has 0 saturated carbocycles. The Kier molecular flexibility index (Phi) is 3.00. The summed E-state index contributed by atoms with van der Waals surface area (Å²) >= 11 is 1.58. The fourth-order valence-electron chi connectivity index (χ4n) is 1.91. The Hall–Kier alpha value is -2.21. The zero-order chi connectivity index (χ0) is 13.2. The van der Waals surface area contributed by atoms with Crippen LogP contribution in [0.2, 0.25) is 0 Å². The van der Waals surface area contributed by atoms with Gasteiger partial charge in [-0.2, -0.15) is 5.10 Å². The van der Waals surface area contributed by atoms with Crippen LogP contribution in [0.15, 0.2) is 30.6 Å². The number of nitrogens with one attached hydrogen (secondary N) is 2. The van der Waals surface area contributed by atoms with Crippen molar-refractivity contribution in [3.63, 3.8) is 0 Å². The molecule has 0 fully saturated rings. The second-order valence-corrected chi connectivity index (χ2v) is 5.49. The molecule has 5 nitrogen and oxygen atoms in total. The molecule has 0 atom stereocenters. The van der Waals surface area contributed by atoms with Crippen molar-refractivity contribution >= 4 is 28.1 Å². The number of H-pyrrole nitrogens is 1. The number of aromatic amines is 1. The highest BCUT2D eigenvalue weighted by molar-refractivity contribution is 7.11. The fourth-order valence-corrected chi connectivity index (χ4v) is 2.64. The lowest BCUT2D eigenvalue weighted by Crippen LogP contribution is -2.22. The lowest BCUT2D eigenvalue weighted by molar-refractivity contribution is 0.0953. The van der Waals surface area contributed by atoms with Gasteiger partial charge in [0.25, 0.3) is 5.91 Å². The van der Waals surface area contributed by atoms with E-state index in [0.717, 1.165) is 20.8 Å². The van der Waals surface area contributed by atoms with Gasteiger partial charge in [-0.05, 0) is 13.0 Å². The molecule has 0 unspecified atom stereocenters. The van der Waals surface area contributed by atoms with E-state index in [4.69, 9.17) is 0 Å². The molecule has 0 aliphatic rings. The second kappa shape index (κ2) is 4.81. The molecule has 19 heavy (non-hydrogen) atoms. The molecule has 6 heteroatoms. The van der Waals surface area contributed by atoms with E-state index in [1.807, 2.05) is 19.1 Å². The van der Waals surface area contributed by atoms with E-state index in [9.17, 15) is 4.79 Å². The number of carbonyl (C=O) groups excluding carboxylic acids is 1. The number of aromatic nitrogens is 3. The SMILES string of the molecule is Cc1ncc(CNC(=O)c2cccc3cn[nH]c23)s1. The van der Waals surface area contributed by atoms with E-state index in [0.29, 0.717) is 12.1 Å². The summed E-state index contributed by atoms with van der Waals surface area (Å²) in [6, 6.07) is 5.56. The highest BCUT2D eigenvalue weighted by atomic mass is 32.1. The van der Waals surface area contributed by atoms with Gasteiger partial charge in [0.15, 0.2) is 0 Å². The molecule has 2 aromatic heterocycles. The Labute approximate surface area is 113 Å². The molecule has 1 aromatic carbocycles. The molecular weight excluding hydrogens is 260 g/mol. The summed E-state index contributed by atoms with van der Waals surface area (Å²) in [7, 11) is 0. The molecule has 0 saturated heterocycles. The van der Waals surface area contributed by atoms with Crippen LogP contribution in [0, 0.1) is 6.92 Å². The highest BCUT2D eigenvalue weighted by Gasteiger charge is 2.11. The topological polar surface area (TPSA) is 70.7 Å². The first-order chi connectivity index (χ1) is 9.24. The van der Waals surface area contributed by atoms with Crippen LogP contribution >= 0.6 is 11.3 Å². The van der Waals surface area contributed by atoms with E-state index >= 15 is 0 Å². The number of thiazole rings is 1. The molecular formula is C13H12N4OS. The fraction of sp³-hybridized carbons (Fsp3) is 0.154. The monoisotopic (exact) mass is 272 g/mol. The Morgan fingerprint density at radius 3 is 3.11 bits per heavy atom. The number of nitrogens with zero attached hydrogens (tertiary/aromatic N) is 2. The van der Waals surface area contributed by atoms with E-state index in [-0.39, 0.29) is 5.91 Å². The van der Waals surface area contributed by atoms with Crippen LogP contribution in [0.5, 0.6) is 0 Å². The average molecular weight is 272 g/mol. The van der Waals surface area contributed by atoms with Crippen molar-refractivity contribution in [2.24, 2.45) is 0 Å². The molecule has 0 bridgehead atoms. The maximum atomic E-state index is 12.2. The predicted molar refractivity (Wildman–Crippen MR) is 74.1 cm³/mol. The zero-order valence-electron chi connectivity index (χ0n) is 10.3. The van der Waals surface area contributed by atoms with Crippen molar-refractivity contribution in [1.82, 2.24) is 20.5 Å². The first kappa shape index (κ1) is 11.9. The van der Waals surface area contributed by atoms with Crippen molar-refractivity contribution < 1.29 is 4.79 Å². The standard InChI is InChI=1S/C13H12N4OS/c1-8-14-6-10(19-8)7-15-13(18)11-4-2-3-9-5-16-17-12(9)11/h2-6H,7H2,1H3,(H,15,18)(H,16,17). The van der Waals surface area contributed by atoms with Gasteiger partial charge in [-0.3, -0.25) is 9.89 Å². The van der Waals surface area contributed by atoms with Crippen LogP contribution < -0.4 is 5.32 Å². The molecule has 3 aromatic rings. The summed E-state index contributed by atoms with van der Waals surface area (Å²) in [4.78, 5) is 17.4. The molecule has 3 rings (SSSR count). The third kappa shape index (κ3) is 2.34. The molecule has 0 spiro atoms. The van der Waals surface area contributed by atoms with E-state index in [1.54, 1.807) is 29.8 Å². The van der Waals surface area contributed by atoms with E-state index in [1.165, 1.54) is 0 Å². The maximum Gasteiger partial charge on any atom is 0.253 e. The van der Waals surface area contributed by atoms with Gasteiger partial charge in [0.1, 0.15) is 0 Å². The normalized spacial score (nSPS) is 10.8. The molecule has 2 heterocycles. The van der Waals surface area contributed by atoms with Gasteiger partial charge in [-0.1, -0.05) is 12.1 Å². The number of amides is 1. The second-order valence-electron chi connectivity index (χ2n) is 4.17. The summed E-state index contributed by atoms with van der Waals surface area (Å²) in [5.41, 5.74) is 1.37. The minimum absolute atomic E-state index is 0.110. The summed E-state index contributed by atoms with van der Waals surface area (Å²) in [5.74, 6) is -0.110. The number of para-hydroxylation sites is 1. The maximum absolute atomic E-state index is 12.2. The van der Waals surface area contributed by atoms with Crippen molar-refractivity contribution in [3.8, 4) is 0 Å². The Bertz CT molecular complexity index is 731. The van der Waals surface area contributed by atoms with Gasteiger partial charge in [-0.25, -0.2) is 4.98 Å². The predicted octanol–water partition coefficient (Wildman–Crippen LogP) is 2.26. The number of carbonyl (C=O) groups is 1. The van der Waals surface area contributed by atoms with Crippen LogP contribution in [0.25, 0.3) is 10.9 Å². The average Bonchev–Trinajstić information content (AvgIpc) is 3.03. The van der Waals surface area contributed by atoms with E-state index < -0.39 is 0 Å². The third-order valence-corrected chi connectivity index (χ3v) is 3.73. The lowest BCUT2D eigenvalue weighted by Gasteiger charge is -2.04. The minimum Gasteiger partial charge on any atom is -0.347 e. The molecule has 2 N–H and O–H groups in total. The van der Waals surface area contributed by atoms with E-state index in [2.05, 4.69) is 20.5 Å². The van der Waals surface area contributed by atoms with Gasteiger partial charge < -0.3 is 5.32 Å². The summed E-state index contributed by atoms with van der Waals surface area (Å²) < 4.78 is 0. The first-order valence-corrected chi connectivity index (χ1v) is 6.67. The van der Waals surface area contributed by atoms with Crippen LogP contribution in [0.1, 0.15) is 20.2 Å². The summed E-state index contributed by atoms with van der Waals surface area (Å²) in [6.45, 7) is 2.44. The molecule has 0 aliphatic carbocycles. The van der Waals surface area contributed by atoms with Crippen LogP contribution in [0.4, 0.5) is 0 Å². The quantitative estimate of drug-likeness (QED) is 0.768. The summed E-state index contributed by atoms with van der Waals surface area (Å²) in [6.07, 6.45) is 3.50. The van der Waals surface area contributed by atoms with Crippen LogP contribution in [-0.4, -0.2) is 21.1 Å². The van der Waals surface area contributed by atoms with Crippen LogP contribution in [0.3, 0.4) is 0 Å². The Balaban J connectivity index is 1.78. The lowest BCUT2D eigenvalue weighted by atomic mass is 10.1. The largest absolute Gasteiger partial charge is 0.347 e. The molecule has 96 valence electrons. The smallest absolute Gasteiger partial charge is 0.253 e. The number of rotatable bonds is 3. The number of aryl methyl sites for hydroxylation is 1. The number of hydrogen-bond donors (Lipinski definition) is 2. The zero-order valence-corrected chi connectivity index (χ0v) is 11.1. The van der Waals surface area contributed by atoms with Crippen molar-refractivity contribution in [1.29, 1.82) is 0 Å². The highest BCUT2D eigenvalue weighted by Crippen LogP contribution is 2.16. The van der Waals surface area contributed by atoms with Crippen molar-refractivity contribution in [2.45, 2.75) is 13.5 Å². The first-order valence-electron chi connectivity index (χ1n) is 5.85.